The number of rotatable bonds is 2. The molecule has 0 spiro atoms. The third-order valence-corrected chi connectivity index (χ3v) is 4.02. The minimum atomic E-state index is -0.261. The Morgan fingerprint density at radius 1 is 1.00 bits per heavy atom. The van der Waals surface area contributed by atoms with E-state index >= 15 is 0 Å². The lowest BCUT2D eigenvalue weighted by Gasteiger charge is -2.04. The number of hydrogen-bond acceptors (Lipinski definition) is 1. The molecule has 0 bridgehead atoms. The van der Waals surface area contributed by atoms with Crippen LogP contribution in [-0.2, 0) is 0 Å². The third kappa shape index (κ3) is 2.10. The number of H-pyrrole nitrogens is 2. The summed E-state index contributed by atoms with van der Waals surface area (Å²) in [4.78, 5) is 0. The SMILES string of the molecule is Fc1cccc(Nc2[nH][nH]c3c4ccc(Br)cc4cc2-3)c1. The van der Waals surface area contributed by atoms with E-state index in [2.05, 4.69) is 49.6 Å². The summed E-state index contributed by atoms with van der Waals surface area (Å²) in [6.45, 7) is 0. The second-order valence-electron chi connectivity index (χ2n) is 4.92. The van der Waals surface area contributed by atoms with Gasteiger partial charge in [0.2, 0.25) is 0 Å². The van der Waals surface area contributed by atoms with Crippen LogP contribution in [0.4, 0.5) is 15.9 Å². The van der Waals surface area contributed by atoms with Gasteiger partial charge >= 0.3 is 0 Å². The van der Waals surface area contributed by atoms with Crippen molar-refractivity contribution >= 4 is 38.2 Å². The second-order valence-corrected chi connectivity index (χ2v) is 5.84. The van der Waals surface area contributed by atoms with Crippen molar-refractivity contribution in [3.63, 3.8) is 0 Å². The Balaban J connectivity index is 1.79. The van der Waals surface area contributed by atoms with Gasteiger partial charge in [0.1, 0.15) is 11.6 Å². The Kier molecular flexibility index (Phi) is 2.75. The molecule has 0 saturated carbocycles. The first-order valence-corrected chi connectivity index (χ1v) is 7.31. The summed E-state index contributed by atoms with van der Waals surface area (Å²) in [6, 6.07) is 14.7. The molecule has 3 N–H and O–H groups in total. The average molecular weight is 344 g/mol. The number of fused-ring (bicyclic) bond motifs is 3. The molecule has 4 rings (SSSR count). The highest BCUT2D eigenvalue weighted by molar-refractivity contribution is 9.10. The first-order valence-electron chi connectivity index (χ1n) is 6.51. The predicted molar refractivity (Wildman–Crippen MR) is 86.7 cm³/mol. The monoisotopic (exact) mass is 343 g/mol. The molecule has 0 atom stereocenters. The molecule has 0 fully saturated rings. The zero-order chi connectivity index (χ0) is 14.4. The van der Waals surface area contributed by atoms with Crippen molar-refractivity contribution in [2.75, 3.05) is 5.32 Å². The molecule has 1 aliphatic heterocycles. The lowest BCUT2D eigenvalue weighted by molar-refractivity contribution is 0.628. The highest BCUT2D eigenvalue weighted by Gasteiger charge is 2.16. The van der Waals surface area contributed by atoms with Crippen LogP contribution in [0.2, 0.25) is 0 Å². The van der Waals surface area contributed by atoms with Crippen LogP contribution >= 0.6 is 15.9 Å². The van der Waals surface area contributed by atoms with Gasteiger partial charge in [-0.25, -0.2) is 4.39 Å². The number of anilines is 2. The van der Waals surface area contributed by atoms with E-state index in [1.807, 2.05) is 12.1 Å². The molecule has 104 valence electrons. The van der Waals surface area contributed by atoms with Crippen molar-refractivity contribution in [1.29, 1.82) is 0 Å². The summed E-state index contributed by atoms with van der Waals surface area (Å²) in [7, 11) is 0. The fourth-order valence-electron chi connectivity index (χ4n) is 2.59. The standard InChI is InChI=1S/C16H11BrFN3/c17-10-4-5-13-9(6-10)7-14-15(13)20-21-16(14)19-12-3-1-2-11(18)8-12/h1-8,19-21H. The number of nitrogens with one attached hydrogen (secondary N) is 3. The maximum atomic E-state index is 13.3. The molecule has 3 nitrogen and oxygen atoms in total. The van der Waals surface area contributed by atoms with Gasteiger partial charge in [0.05, 0.1) is 5.69 Å². The highest BCUT2D eigenvalue weighted by atomic mass is 79.9. The Bertz CT molecular complexity index is 909. The molecule has 0 radical (unpaired) electrons. The molecule has 0 saturated heterocycles. The van der Waals surface area contributed by atoms with E-state index < -0.39 is 0 Å². The molecule has 1 aliphatic carbocycles. The smallest absolute Gasteiger partial charge is 0.132 e. The van der Waals surface area contributed by atoms with Gasteiger partial charge in [-0.05, 0) is 41.8 Å². The minimum Gasteiger partial charge on any atom is -0.340 e. The van der Waals surface area contributed by atoms with Crippen LogP contribution in [0.1, 0.15) is 0 Å². The average Bonchev–Trinajstić information content (AvgIpc) is 2.98. The molecule has 21 heavy (non-hydrogen) atoms. The molecule has 0 amide bonds. The van der Waals surface area contributed by atoms with Crippen LogP contribution in [0.3, 0.4) is 0 Å². The second kappa shape index (κ2) is 4.63. The Morgan fingerprint density at radius 2 is 1.90 bits per heavy atom. The quantitative estimate of drug-likeness (QED) is 0.457. The lowest BCUT2D eigenvalue weighted by Crippen LogP contribution is -1.91. The predicted octanol–water partition coefficient (Wildman–Crippen LogP) is 5.25. The van der Waals surface area contributed by atoms with Gasteiger partial charge in [-0.1, -0.05) is 28.1 Å². The number of hydrogen-bond donors (Lipinski definition) is 3. The van der Waals surface area contributed by atoms with Gasteiger partial charge in [-0.2, -0.15) is 0 Å². The van der Waals surface area contributed by atoms with Crippen molar-refractivity contribution in [2.24, 2.45) is 0 Å². The van der Waals surface area contributed by atoms with Crippen molar-refractivity contribution in [1.82, 2.24) is 10.2 Å². The van der Waals surface area contributed by atoms with Crippen LogP contribution in [0.25, 0.3) is 22.0 Å². The van der Waals surface area contributed by atoms with Gasteiger partial charge in [-0.15, -0.1) is 0 Å². The van der Waals surface area contributed by atoms with Gasteiger partial charge in [0.25, 0.3) is 0 Å². The van der Waals surface area contributed by atoms with Crippen molar-refractivity contribution < 1.29 is 4.39 Å². The summed E-state index contributed by atoms with van der Waals surface area (Å²) in [6.07, 6.45) is 0. The maximum absolute atomic E-state index is 13.3. The van der Waals surface area contributed by atoms with E-state index in [0.29, 0.717) is 5.69 Å². The van der Waals surface area contributed by atoms with E-state index in [1.165, 1.54) is 12.1 Å². The van der Waals surface area contributed by atoms with Gasteiger partial charge in [-0.3, -0.25) is 10.2 Å². The molecule has 5 heteroatoms. The molecular weight excluding hydrogens is 333 g/mol. The van der Waals surface area contributed by atoms with Crippen LogP contribution < -0.4 is 5.32 Å². The highest BCUT2D eigenvalue weighted by Crippen LogP contribution is 2.39. The van der Waals surface area contributed by atoms with Crippen molar-refractivity contribution in [2.45, 2.75) is 0 Å². The summed E-state index contributed by atoms with van der Waals surface area (Å²) >= 11 is 3.48. The summed E-state index contributed by atoms with van der Waals surface area (Å²) in [5.41, 5.74) is 2.79. The van der Waals surface area contributed by atoms with E-state index in [0.717, 1.165) is 32.3 Å². The first-order chi connectivity index (χ1) is 10.2. The van der Waals surface area contributed by atoms with E-state index in [4.69, 9.17) is 0 Å². The normalized spacial score (nSPS) is 11.3. The summed E-state index contributed by atoms with van der Waals surface area (Å²) in [5.74, 6) is 0.561. The van der Waals surface area contributed by atoms with E-state index in [1.54, 1.807) is 6.07 Å². The van der Waals surface area contributed by atoms with Gasteiger partial charge in [0.15, 0.2) is 0 Å². The summed E-state index contributed by atoms with van der Waals surface area (Å²) in [5, 5.41) is 11.8. The number of benzene rings is 2. The van der Waals surface area contributed by atoms with Gasteiger partial charge < -0.3 is 5.32 Å². The van der Waals surface area contributed by atoms with E-state index in [-0.39, 0.29) is 5.82 Å². The molecular formula is C16H11BrFN3. The summed E-state index contributed by atoms with van der Waals surface area (Å²) < 4.78 is 14.3. The lowest BCUT2D eigenvalue weighted by atomic mass is 10.2. The molecule has 0 unspecified atom stereocenters. The van der Waals surface area contributed by atoms with Crippen LogP contribution in [0.5, 0.6) is 0 Å². The zero-order valence-corrected chi connectivity index (χ0v) is 12.5. The number of aromatic nitrogens is 2. The van der Waals surface area contributed by atoms with E-state index in [9.17, 15) is 4.39 Å². The van der Waals surface area contributed by atoms with Crippen molar-refractivity contribution in [3.8, 4) is 11.3 Å². The maximum Gasteiger partial charge on any atom is 0.132 e. The fraction of sp³-hybridized carbons (Fsp3) is 0. The molecule has 0 aromatic heterocycles. The molecule has 1 heterocycles. The Labute approximate surface area is 128 Å². The molecule has 2 aliphatic rings. The zero-order valence-electron chi connectivity index (χ0n) is 10.9. The first kappa shape index (κ1) is 12.5. The van der Waals surface area contributed by atoms with Crippen LogP contribution in [0, 0.1) is 5.82 Å². The number of aromatic amines is 2. The van der Waals surface area contributed by atoms with Gasteiger partial charge in [0, 0.05) is 21.1 Å². The minimum absolute atomic E-state index is 0.261. The third-order valence-electron chi connectivity index (χ3n) is 3.53. The fourth-order valence-corrected chi connectivity index (χ4v) is 2.97. The van der Waals surface area contributed by atoms with Crippen LogP contribution in [0.15, 0.2) is 53.0 Å². The Hall–Kier alpha value is -2.27. The van der Waals surface area contributed by atoms with Crippen molar-refractivity contribution in [3.05, 3.63) is 58.8 Å². The largest absolute Gasteiger partial charge is 0.340 e. The number of halogens is 2. The molecule has 2 aromatic rings. The Morgan fingerprint density at radius 3 is 2.76 bits per heavy atom. The van der Waals surface area contributed by atoms with Crippen LogP contribution in [-0.4, -0.2) is 10.2 Å². The topological polar surface area (TPSA) is 43.6 Å². The molecule has 2 aromatic carbocycles.